The van der Waals surface area contributed by atoms with Gasteiger partial charge in [-0.25, -0.2) is 0 Å². The Morgan fingerprint density at radius 1 is 1.21 bits per heavy atom. The number of carbonyl (C=O) groups is 1. The molecule has 1 amide bonds. The van der Waals surface area contributed by atoms with E-state index in [1.807, 2.05) is 18.2 Å². The van der Waals surface area contributed by atoms with Gasteiger partial charge in [0.2, 0.25) is 5.91 Å². The summed E-state index contributed by atoms with van der Waals surface area (Å²) in [6.45, 7) is 4.64. The lowest BCUT2D eigenvalue weighted by Gasteiger charge is -2.31. The van der Waals surface area contributed by atoms with Gasteiger partial charge in [-0.15, -0.1) is 0 Å². The number of nitrogens with two attached hydrogens (primary N) is 1. The zero-order valence-electron chi connectivity index (χ0n) is 12.1. The Bertz CT molecular complexity index is 363. The molecule has 19 heavy (non-hydrogen) atoms. The Morgan fingerprint density at radius 3 is 2.37 bits per heavy atom. The summed E-state index contributed by atoms with van der Waals surface area (Å²) in [5.41, 5.74) is 6.85. The van der Waals surface area contributed by atoms with Crippen LogP contribution in [-0.4, -0.2) is 18.0 Å². The van der Waals surface area contributed by atoms with Crippen LogP contribution in [0.2, 0.25) is 0 Å². The maximum absolute atomic E-state index is 12.0. The molecule has 3 nitrogen and oxygen atoms in total. The van der Waals surface area contributed by atoms with E-state index < -0.39 is 0 Å². The summed E-state index contributed by atoms with van der Waals surface area (Å²) >= 11 is 0. The average Bonchev–Trinajstić information content (AvgIpc) is 2.46. The monoisotopic (exact) mass is 262 g/mol. The molecule has 1 aromatic rings. The Kier molecular flexibility index (Phi) is 6.57. The van der Waals surface area contributed by atoms with Crippen molar-refractivity contribution in [3.63, 3.8) is 0 Å². The molecule has 0 fully saturated rings. The van der Waals surface area contributed by atoms with Crippen molar-refractivity contribution in [1.82, 2.24) is 5.32 Å². The summed E-state index contributed by atoms with van der Waals surface area (Å²) in [4.78, 5) is 12.0. The molecule has 0 saturated heterocycles. The van der Waals surface area contributed by atoms with Gasteiger partial charge in [-0.3, -0.25) is 4.79 Å². The lowest BCUT2D eigenvalue weighted by Crippen LogP contribution is -2.52. The van der Waals surface area contributed by atoms with Crippen molar-refractivity contribution in [2.75, 3.05) is 6.54 Å². The number of hydrogen-bond acceptors (Lipinski definition) is 2. The van der Waals surface area contributed by atoms with Crippen LogP contribution in [-0.2, 0) is 11.2 Å². The highest BCUT2D eigenvalue weighted by Crippen LogP contribution is 2.14. The van der Waals surface area contributed by atoms with Gasteiger partial charge in [0, 0.05) is 13.0 Å². The fourth-order valence-electron chi connectivity index (χ4n) is 2.22. The number of rotatable bonds is 8. The lowest BCUT2D eigenvalue weighted by atomic mass is 9.92. The van der Waals surface area contributed by atoms with Crippen LogP contribution in [0.3, 0.4) is 0 Å². The van der Waals surface area contributed by atoms with E-state index in [9.17, 15) is 4.79 Å². The second-order valence-electron chi connectivity index (χ2n) is 5.08. The van der Waals surface area contributed by atoms with E-state index in [0.717, 1.165) is 25.7 Å². The quantitative estimate of drug-likeness (QED) is 0.756. The summed E-state index contributed by atoms with van der Waals surface area (Å²) in [7, 11) is 0. The fraction of sp³-hybridized carbons (Fsp3) is 0.562. The fourth-order valence-corrected chi connectivity index (χ4v) is 2.22. The lowest BCUT2D eigenvalue weighted by molar-refractivity contribution is -0.123. The normalized spacial score (nSPS) is 11.3. The highest BCUT2D eigenvalue weighted by molar-refractivity contribution is 5.76. The predicted octanol–water partition coefficient (Wildman–Crippen LogP) is 2.64. The van der Waals surface area contributed by atoms with Crippen LogP contribution in [0.4, 0.5) is 0 Å². The van der Waals surface area contributed by atoms with Crippen molar-refractivity contribution in [3.05, 3.63) is 35.9 Å². The highest BCUT2D eigenvalue weighted by atomic mass is 16.1. The van der Waals surface area contributed by atoms with E-state index >= 15 is 0 Å². The summed E-state index contributed by atoms with van der Waals surface area (Å²) in [6.07, 6.45) is 4.15. The van der Waals surface area contributed by atoms with Gasteiger partial charge in [0.1, 0.15) is 0 Å². The van der Waals surface area contributed by atoms with E-state index in [1.165, 1.54) is 5.56 Å². The van der Waals surface area contributed by atoms with Gasteiger partial charge in [-0.2, -0.15) is 0 Å². The Morgan fingerprint density at radius 2 is 1.84 bits per heavy atom. The van der Waals surface area contributed by atoms with Gasteiger partial charge >= 0.3 is 0 Å². The molecule has 0 atom stereocenters. The molecule has 3 N–H and O–H groups in total. The van der Waals surface area contributed by atoms with Crippen LogP contribution in [0.15, 0.2) is 30.3 Å². The zero-order valence-corrected chi connectivity index (χ0v) is 12.1. The number of nitrogens with one attached hydrogen (secondary N) is 1. The molecule has 1 aromatic carbocycles. The Balaban J connectivity index is 2.35. The van der Waals surface area contributed by atoms with Crippen molar-refractivity contribution >= 4 is 5.91 Å². The van der Waals surface area contributed by atoms with Crippen molar-refractivity contribution in [2.24, 2.45) is 5.73 Å². The molecule has 106 valence electrons. The molecule has 0 aliphatic rings. The summed E-state index contributed by atoms with van der Waals surface area (Å²) in [5, 5.41) is 3.10. The van der Waals surface area contributed by atoms with E-state index in [0.29, 0.717) is 13.0 Å². The van der Waals surface area contributed by atoms with Gasteiger partial charge in [-0.05, 0) is 31.2 Å². The number of amides is 1. The smallest absolute Gasteiger partial charge is 0.220 e. The van der Waals surface area contributed by atoms with Gasteiger partial charge in [-0.1, -0.05) is 44.2 Å². The first kappa shape index (κ1) is 15.7. The van der Waals surface area contributed by atoms with Gasteiger partial charge in [0.05, 0.1) is 5.54 Å². The van der Waals surface area contributed by atoms with Gasteiger partial charge < -0.3 is 11.1 Å². The molecule has 0 radical (unpaired) electrons. The molecule has 3 heteroatoms. The molecule has 0 unspecified atom stereocenters. The van der Waals surface area contributed by atoms with E-state index in [2.05, 4.69) is 31.3 Å². The molecule has 0 heterocycles. The molecular weight excluding hydrogens is 236 g/mol. The minimum atomic E-state index is -0.218. The Labute approximate surface area is 116 Å². The number of benzene rings is 1. The SMILES string of the molecule is CCC(CC)(CN)NC(=O)CCCc1ccccc1. The number of carbonyl (C=O) groups excluding carboxylic acids is 1. The highest BCUT2D eigenvalue weighted by Gasteiger charge is 2.25. The Hall–Kier alpha value is -1.35. The largest absolute Gasteiger partial charge is 0.349 e. The first-order valence-electron chi connectivity index (χ1n) is 7.21. The van der Waals surface area contributed by atoms with Gasteiger partial charge in [0.15, 0.2) is 0 Å². The summed E-state index contributed by atoms with van der Waals surface area (Å²) < 4.78 is 0. The maximum Gasteiger partial charge on any atom is 0.220 e. The first-order valence-corrected chi connectivity index (χ1v) is 7.21. The third-order valence-electron chi connectivity index (χ3n) is 3.86. The molecule has 0 aliphatic heterocycles. The number of aryl methyl sites for hydroxylation is 1. The number of hydrogen-bond donors (Lipinski definition) is 2. The minimum Gasteiger partial charge on any atom is -0.349 e. The average molecular weight is 262 g/mol. The van der Waals surface area contributed by atoms with Crippen LogP contribution in [0, 0.1) is 0 Å². The second-order valence-corrected chi connectivity index (χ2v) is 5.08. The van der Waals surface area contributed by atoms with Crippen LogP contribution in [0.5, 0.6) is 0 Å². The topological polar surface area (TPSA) is 55.1 Å². The van der Waals surface area contributed by atoms with Crippen LogP contribution < -0.4 is 11.1 Å². The van der Waals surface area contributed by atoms with Crippen LogP contribution in [0.1, 0.15) is 45.1 Å². The van der Waals surface area contributed by atoms with Crippen molar-refractivity contribution in [3.8, 4) is 0 Å². The summed E-state index contributed by atoms with van der Waals surface area (Å²) in [5.74, 6) is 0.116. The van der Waals surface area contributed by atoms with Crippen molar-refractivity contribution in [2.45, 2.75) is 51.5 Å². The van der Waals surface area contributed by atoms with E-state index in [1.54, 1.807) is 0 Å². The van der Waals surface area contributed by atoms with Crippen molar-refractivity contribution < 1.29 is 4.79 Å². The second kappa shape index (κ2) is 7.95. The third kappa shape index (κ3) is 5.03. The molecule has 0 aromatic heterocycles. The first-order chi connectivity index (χ1) is 9.15. The van der Waals surface area contributed by atoms with Crippen LogP contribution >= 0.6 is 0 Å². The predicted molar refractivity (Wildman–Crippen MR) is 79.9 cm³/mol. The summed E-state index contributed by atoms with van der Waals surface area (Å²) in [6, 6.07) is 10.3. The van der Waals surface area contributed by atoms with E-state index in [-0.39, 0.29) is 11.4 Å². The zero-order chi connectivity index (χ0) is 14.1. The maximum atomic E-state index is 12.0. The molecular formula is C16H26N2O. The molecule has 1 rings (SSSR count). The van der Waals surface area contributed by atoms with Gasteiger partial charge in [0.25, 0.3) is 0 Å². The minimum absolute atomic E-state index is 0.116. The molecule has 0 spiro atoms. The van der Waals surface area contributed by atoms with E-state index in [4.69, 9.17) is 5.73 Å². The van der Waals surface area contributed by atoms with Crippen molar-refractivity contribution in [1.29, 1.82) is 0 Å². The van der Waals surface area contributed by atoms with Crippen LogP contribution in [0.25, 0.3) is 0 Å². The molecule has 0 aliphatic carbocycles. The molecule has 0 saturated carbocycles. The molecule has 0 bridgehead atoms. The third-order valence-corrected chi connectivity index (χ3v) is 3.86. The standard InChI is InChI=1S/C16H26N2O/c1-3-16(4-2,13-17)18-15(19)12-8-11-14-9-6-5-7-10-14/h5-7,9-10H,3-4,8,11-13,17H2,1-2H3,(H,18,19).